The van der Waals surface area contributed by atoms with Crippen LogP contribution in [-0.2, 0) is 11.0 Å². The molecule has 0 aliphatic rings. The fraction of sp³-hybridized carbons (Fsp3) is 0.250. The number of nitrogens with zero attached hydrogens (tertiary/aromatic N) is 3. The summed E-state index contributed by atoms with van der Waals surface area (Å²) >= 11 is 0. The molecule has 0 heterocycles. The Labute approximate surface area is 121 Å². The Morgan fingerprint density at radius 2 is 1.91 bits per heavy atom. The van der Waals surface area contributed by atoms with E-state index >= 15 is 0 Å². The van der Waals surface area contributed by atoms with E-state index in [0.717, 1.165) is 19.9 Å². The van der Waals surface area contributed by atoms with Gasteiger partial charge in [0.1, 0.15) is 5.76 Å². The first-order valence-corrected chi connectivity index (χ1v) is 5.72. The summed E-state index contributed by atoms with van der Waals surface area (Å²) in [5, 5.41) is 26.8. The van der Waals surface area contributed by atoms with Crippen molar-refractivity contribution in [3.63, 3.8) is 0 Å². The summed E-state index contributed by atoms with van der Waals surface area (Å²) in [5.41, 5.74) is -3.05. The average molecular weight is 317 g/mol. The number of nitro benzene ring substituents is 1. The molecule has 1 aromatic rings. The first kappa shape index (κ1) is 17.3. The van der Waals surface area contributed by atoms with Gasteiger partial charge in [-0.05, 0) is 19.1 Å². The lowest BCUT2D eigenvalue weighted by molar-refractivity contribution is -0.384. The van der Waals surface area contributed by atoms with E-state index in [4.69, 9.17) is 0 Å². The van der Waals surface area contributed by atoms with Crippen molar-refractivity contribution in [2.24, 2.45) is 10.2 Å². The summed E-state index contributed by atoms with van der Waals surface area (Å²) in [6.45, 7) is 2.23. The van der Waals surface area contributed by atoms with Gasteiger partial charge in [-0.25, -0.2) is 0 Å². The van der Waals surface area contributed by atoms with E-state index in [1.807, 2.05) is 0 Å². The number of ketones is 1. The van der Waals surface area contributed by atoms with Crippen LogP contribution in [0.25, 0.3) is 0 Å². The highest BCUT2D eigenvalue weighted by Crippen LogP contribution is 2.36. The molecule has 0 bridgehead atoms. The van der Waals surface area contributed by atoms with Crippen molar-refractivity contribution in [2.75, 3.05) is 0 Å². The van der Waals surface area contributed by atoms with Gasteiger partial charge in [-0.2, -0.15) is 13.2 Å². The van der Waals surface area contributed by atoms with Crippen LogP contribution in [0.15, 0.2) is 39.9 Å². The van der Waals surface area contributed by atoms with Crippen molar-refractivity contribution in [3.8, 4) is 0 Å². The zero-order valence-electron chi connectivity index (χ0n) is 11.4. The molecule has 7 nitrogen and oxygen atoms in total. The largest absolute Gasteiger partial charge is 0.510 e. The van der Waals surface area contributed by atoms with Gasteiger partial charge in [-0.3, -0.25) is 14.9 Å². The normalized spacial score (nSPS) is 13.1. The van der Waals surface area contributed by atoms with E-state index in [0.29, 0.717) is 12.1 Å². The van der Waals surface area contributed by atoms with Gasteiger partial charge in [0.25, 0.3) is 5.69 Å². The fourth-order valence-corrected chi connectivity index (χ4v) is 1.43. The molecule has 0 aliphatic carbocycles. The van der Waals surface area contributed by atoms with Crippen LogP contribution >= 0.6 is 0 Å². The SMILES string of the molecule is CC(=O)C(N=Nc1ccc(C(F)(F)F)cc1[N+](=O)[O-])=C(C)O. The number of rotatable bonds is 4. The molecule has 0 saturated heterocycles. The van der Waals surface area contributed by atoms with Crippen molar-refractivity contribution in [3.05, 3.63) is 45.3 Å². The third-order valence-corrected chi connectivity index (χ3v) is 2.43. The zero-order valence-corrected chi connectivity index (χ0v) is 11.4. The molecule has 0 radical (unpaired) electrons. The number of benzene rings is 1. The van der Waals surface area contributed by atoms with Gasteiger partial charge in [0.15, 0.2) is 17.2 Å². The number of hydrogen-bond donors (Lipinski definition) is 1. The molecule has 22 heavy (non-hydrogen) atoms. The molecule has 0 atom stereocenters. The van der Waals surface area contributed by atoms with Gasteiger partial charge >= 0.3 is 6.18 Å². The molecular weight excluding hydrogens is 307 g/mol. The van der Waals surface area contributed by atoms with E-state index < -0.39 is 45.3 Å². The molecule has 0 aliphatic heterocycles. The summed E-state index contributed by atoms with van der Waals surface area (Å²) in [6, 6.07) is 1.68. The van der Waals surface area contributed by atoms with Crippen LogP contribution in [0.5, 0.6) is 0 Å². The van der Waals surface area contributed by atoms with Gasteiger partial charge in [0.05, 0.1) is 10.5 Å². The molecule has 1 rings (SSSR count). The number of aliphatic hydroxyl groups is 1. The number of halogens is 3. The third kappa shape index (κ3) is 4.11. The van der Waals surface area contributed by atoms with Crippen molar-refractivity contribution in [1.82, 2.24) is 0 Å². The van der Waals surface area contributed by atoms with E-state index in [1.54, 1.807) is 0 Å². The predicted octanol–water partition coefficient (Wildman–Crippen LogP) is 4.08. The second kappa shape index (κ2) is 6.33. The lowest BCUT2D eigenvalue weighted by atomic mass is 10.1. The Kier molecular flexibility index (Phi) is 4.97. The van der Waals surface area contributed by atoms with Gasteiger partial charge in [-0.1, -0.05) is 0 Å². The first-order chi connectivity index (χ1) is 10.0. The monoisotopic (exact) mass is 317 g/mol. The third-order valence-electron chi connectivity index (χ3n) is 2.43. The molecule has 1 N–H and O–H groups in total. The molecule has 0 fully saturated rings. The fourth-order valence-electron chi connectivity index (χ4n) is 1.43. The molecule has 0 spiro atoms. The number of carbonyl (C=O) groups excluding carboxylic acids is 1. The summed E-state index contributed by atoms with van der Waals surface area (Å²) in [4.78, 5) is 20.9. The van der Waals surface area contributed by atoms with Crippen molar-refractivity contribution < 1.29 is 28.0 Å². The maximum atomic E-state index is 12.5. The van der Waals surface area contributed by atoms with Gasteiger partial charge in [0, 0.05) is 13.0 Å². The number of hydrogen-bond acceptors (Lipinski definition) is 6. The highest BCUT2D eigenvalue weighted by atomic mass is 19.4. The minimum atomic E-state index is -4.74. The smallest absolute Gasteiger partial charge is 0.416 e. The molecule has 0 unspecified atom stereocenters. The predicted molar refractivity (Wildman–Crippen MR) is 68.6 cm³/mol. The Bertz CT molecular complexity index is 677. The maximum Gasteiger partial charge on any atom is 0.416 e. The van der Waals surface area contributed by atoms with Gasteiger partial charge in [0.2, 0.25) is 0 Å². The number of azo groups is 1. The Balaban J connectivity index is 3.35. The van der Waals surface area contributed by atoms with E-state index in [-0.39, 0.29) is 0 Å². The number of nitro groups is 1. The quantitative estimate of drug-likeness (QED) is 0.297. The lowest BCUT2D eigenvalue weighted by Crippen LogP contribution is -2.05. The second-order valence-electron chi connectivity index (χ2n) is 4.15. The van der Waals surface area contributed by atoms with Crippen molar-refractivity contribution in [1.29, 1.82) is 0 Å². The van der Waals surface area contributed by atoms with Crippen LogP contribution in [0, 0.1) is 10.1 Å². The van der Waals surface area contributed by atoms with Crippen molar-refractivity contribution in [2.45, 2.75) is 20.0 Å². The van der Waals surface area contributed by atoms with Crippen molar-refractivity contribution >= 4 is 17.2 Å². The molecule has 1 aromatic carbocycles. The topological polar surface area (TPSA) is 105 Å². The molecule has 0 aromatic heterocycles. The van der Waals surface area contributed by atoms with Crippen LogP contribution in [0.2, 0.25) is 0 Å². The standard InChI is InChI=1S/C12H10F3N3O4/c1-6(19)11(7(2)20)17-16-9-4-3-8(12(13,14)15)5-10(9)18(21)22/h3-5,19H,1-2H3. The van der Waals surface area contributed by atoms with Crippen LogP contribution in [0.1, 0.15) is 19.4 Å². The summed E-state index contributed by atoms with van der Waals surface area (Å²) in [7, 11) is 0. The molecule has 118 valence electrons. The number of Topliss-reactive ketones (excluding diaryl/α,β-unsaturated/α-hetero) is 1. The molecule has 10 heteroatoms. The second-order valence-corrected chi connectivity index (χ2v) is 4.15. The summed E-state index contributed by atoms with van der Waals surface area (Å²) in [6.07, 6.45) is -4.74. The minimum absolute atomic E-state index is 0.317. The Hall–Kier alpha value is -2.78. The Morgan fingerprint density at radius 1 is 1.32 bits per heavy atom. The average Bonchev–Trinajstić information content (AvgIpc) is 2.36. The minimum Gasteiger partial charge on any atom is -0.510 e. The molecular formula is C12H10F3N3O4. The summed E-state index contributed by atoms with van der Waals surface area (Å²) in [5.74, 6) is -1.12. The van der Waals surface area contributed by atoms with E-state index in [2.05, 4.69) is 10.2 Å². The van der Waals surface area contributed by atoms with Gasteiger partial charge in [-0.15, -0.1) is 10.2 Å². The molecule has 0 saturated carbocycles. The van der Waals surface area contributed by atoms with Crippen LogP contribution in [0.3, 0.4) is 0 Å². The van der Waals surface area contributed by atoms with E-state index in [1.165, 1.54) is 0 Å². The first-order valence-electron chi connectivity index (χ1n) is 5.72. The zero-order chi connectivity index (χ0) is 17.1. The highest BCUT2D eigenvalue weighted by Gasteiger charge is 2.33. The number of alkyl halides is 3. The summed E-state index contributed by atoms with van der Waals surface area (Å²) < 4.78 is 37.6. The number of carbonyl (C=O) groups is 1. The van der Waals surface area contributed by atoms with Crippen LogP contribution in [0.4, 0.5) is 24.5 Å². The van der Waals surface area contributed by atoms with Crippen LogP contribution in [-0.4, -0.2) is 15.8 Å². The van der Waals surface area contributed by atoms with Crippen LogP contribution < -0.4 is 0 Å². The number of aliphatic hydroxyl groups excluding tert-OH is 1. The highest BCUT2D eigenvalue weighted by molar-refractivity contribution is 5.93. The van der Waals surface area contributed by atoms with Gasteiger partial charge < -0.3 is 5.11 Å². The Morgan fingerprint density at radius 3 is 2.32 bits per heavy atom. The number of allylic oxidation sites excluding steroid dienone is 2. The maximum absolute atomic E-state index is 12.5. The lowest BCUT2D eigenvalue weighted by Gasteiger charge is -2.06. The van der Waals surface area contributed by atoms with E-state index in [9.17, 15) is 33.2 Å². The molecule has 0 amide bonds.